The predicted octanol–water partition coefficient (Wildman–Crippen LogP) is 1.41. The van der Waals surface area contributed by atoms with Crippen LogP contribution in [0, 0.1) is 28.6 Å². The fraction of sp³-hybridized carbons (Fsp3) is 0.400. The maximum atomic E-state index is 12.5. The molecule has 5 heteroatoms. The van der Waals surface area contributed by atoms with Gasteiger partial charge in [0.05, 0.1) is 24.1 Å². The summed E-state index contributed by atoms with van der Waals surface area (Å²) < 4.78 is 0. The summed E-state index contributed by atoms with van der Waals surface area (Å²) in [5.74, 6) is 0.180. The van der Waals surface area contributed by atoms with Crippen molar-refractivity contribution in [2.24, 2.45) is 5.92 Å². The van der Waals surface area contributed by atoms with Gasteiger partial charge < -0.3 is 10.2 Å². The largest absolute Gasteiger partial charge is 0.311 e. The first kappa shape index (κ1) is 14.0. The molecule has 0 saturated carbocycles. The third-order valence-electron chi connectivity index (χ3n) is 3.35. The van der Waals surface area contributed by atoms with Crippen LogP contribution in [0.3, 0.4) is 0 Å². The molecule has 2 atom stereocenters. The topological polar surface area (TPSA) is 79.9 Å². The molecule has 0 spiro atoms. The van der Waals surface area contributed by atoms with E-state index < -0.39 is 6.04 Å². The zero-order chi connectivity index (χ0) is 14.5. The van der Waals surface area contributed by atoms with Crippen molar-refractivity contribution in [3.05, 3.63) is 29.8 Å². The summed E-state index contributed by atoms with van der Waals surface area (Å²) in [4.78, 5) is 14.2. The number of benzene rings is 1. The Labute approximate surface area is 118 Å². The highest BCUT2D eigenvalue weighted by Gasteiger charge is 2.30. The van der Waals surface area contributed by atoms with Crippen molar-refractivity contribution in [2.75, 3.05) is 18.0 Å². The average molecular weight is 268 g/mol. The molecule has 0 aromatic heterocycles. The second-order valence-corrected chi connectivity index (χ2v) is 5.04. The Balaban J connectivity index is 2.33. The molecular weight excluding hydrogens is 252 g/mol. The minimum Gasteiger partial charge on any atom is -0.311 e. The third-order valence-corrected chi connectivity index (χ3v) is 3.35. The number of hydrogen-bond acceptors (Lipinski definition) is 4. The van der Waals surface area contributed by atoms with E-state index in [9.17, 15) is 4.79 Å². The molecule has 2 rings (SSSR count). The van der Waals surface area contributed by atoms with Gasteiger partial charge in [-0.15, -0.1) is 0 Å². The molecule has 1 aliphatic rings. The molecule has 1 aliphatic heterocycles. The molecule has 1 aromatic rings. The van der Waals surface area contributed by atoms with E-state index in [-0.39, 0.29) is 18.2 Å². The fourth-order valence-electron chi connectivity index (χ4n) is 2.31. The number of nitriles is 2. The fourth-order valence-corrected chi connectivity index (χ4v) is 2.31. The molecule has 1 amide bonds. The van der Waals surface area contributed by atoms with Crippen LogP contribution in [0.1, 0.15) is 18.9 Å². The Morgan fingerprint density at radius 3 is 2.95 bits per heavy atom. The molecule has 1 aromatic carbocycles. The summed E-state index contributed by atoms with van der Waals surface area (Å²) in [6, 6.07) is 10.6. The Morgan fingerprint density at radius 2 is 2.25 bits per heavy atom. The van der Waals surface area contributed by atoms with E-state index in [0.717, 1.165) is 0 Å². The Hall–Kier alpha value is -2.37. The van der Waals surface area contributed by atoms with Crippen molar-refractivity contribution in [3.8, 4) is 12.1 Å². The zero-order valence-electron chi connectivity index (χ0n) is 11.3. The molecule has 102 valence electrons. The average Bonchev–Trinajstić information content (AvgIpc) is 2.61. The Morgan fingerprint density at radius 1 is 1.45 bits per heavy atom. The maximum Gasteiger partial charge on any atom is 0.245 e. The maximum absolute atomic E-state index is 12.5. The van der Waals surface area contributed by atoms with Crippen LogP contribution < -0.4 is 10.2 Å². The quantitative estimate of drug-likeness (QED) is 0.879. The summed E-state index contributed by atoms with van der Waals surface area (Å²) in [6.45, 7) is 3.34. The van der Waals surface area contributed by atoms with Crippen molar-refractivity contribution >= 4 is 11.6 Å². The molecule has 20 heavy (non-hydrogen) atoms. The van der Waals surface area contributed by atoms with Gasteiger partial charge >= 0.3 is 0 Å². The normalized spacial score (nSPS) is 22.8. The lowest BCUT2D eigenvalue weighted by atomic mass is 10.1. The second kappa shape index (κ2) is 6.18. The summed E-state index contributed by atoms with van der Waals surface area (Å²) in [6.07, 6.45) is 0.153. The van der Waals surface area contributed by atoms with Crippen molar-refractivity contribution < 1.29 is 4.79 Å². The lowest BCUT2D eigenvalue weighted by Gasteiger charge is -2.24. The summed E-state index contributed by atoms with van der Waals surface area (Å²) >= 11 is 0. The Bertz CT molecular complexity index is 584. The highest BCUT2D eigenvalue weighted by molar-refractivity contribution is 5.97. The van der Waals surface area contributed by atoms with Crippen molar-refractivity contribution in [1.82, 2.24) is 5.32 Å². The van der Waals surface area contributed by atoms with Gasteiger partial charge in [-0.3, -0.25) is 4.79 Å². The first-order valence-corrected chi connectivity index (χ1v) is 6.57. The molecule has 5 nitrogen and oxygen atoms in total. The van der Waals surface area contributed by atoms with Gasteiger partial charge in [0.1, 0.15) is 6.04 Å². The van der Waals surface area contributed by atoms with E-state index in [1.165, 1.54) is 0 Å². The smallest absolute Gasteiger partial charge is 0.245 e. The van der Waals surface area contributed by atoms with Crippen LogP contribution in [-0.2, 0) is 4.79 Å². The molecule has 1 fully saturated rings. The standard InChI is InChI=1S/C15H16N4O/c1-11-9-18-14(5-6-16)15(20)19(10-11)13-4-2-3-12(7-13)8-17/h2-4,7,11,14,18H,5,9-10H2,1H3. The molecule has 0 bridgehead atoms. The molecule has 0 radical (unpaired) electrons. The third kappa shape index (κ3) is 2.96. The summed E-state index contributed by atoms with van der Waals surface area (Å²) in [7, 11) is 0. The van der Waals surface area contributed by atoms with Gasteiger partial charge in [0.2, 0.25) is 5.91 Å². The van der Waals surface area contributed by atoms with E-state index in [4.69, 9.17) is 10.5 Å². The van der Waals surface area contributed by atoms with Crippen LogP contribution in [0.2, 0.25) is 0 Å². The van der Waals surface area contributed by atoms with Gasteiger partial charge in [-0.25, -0.2) is 0 Å². The molecular formula is C15H16N4O. The van der Waals surface area contributed by atoms with Crippen LogP contribution in [0.25, 0.3) is 0 Å². The lowest BCUT2D eigenvalue weighted by molar-refractivity contribution is -0.120. The van der Waals surface area contributed by atoms with Crippen LogP contribution >= 0.6 is 0 Å². The van der Waals surface area contributed by atoms with Crippen LogP contribution in [0.4, 0.5) is 5.69 Å². The summed E-state index contributed by atoms with van der Waals surface area (Å²) in [5.41, 5.74) is 1.24. The molecule has 0 aliphatic carbocycles. The predicted molar refractivity (Wildman–Crippen MR) is 74.7 cm³/mol. The number of nitrogens with one attached hydrogen (secondary N) is 1. The SMILES string of the molecule is CC1CNC(CC#N)C(=O)N(c2cccc(C#N)c2)C1. The minimum absolute atomic E-state index is 0.106. The van der Waals surface area contributed by atoms with Crippen LogP contribution in [0.15, 0.2) is 24.3 Å². The highest BCUT2D eigenvalue weighted by Crippen LogP contribution is 2.21. The summed E-state index contributed by atoms with van der Waals surface area (Å²) in [5, 5.41) is 20.9. The van der Waals surface area contributed by atoms with Gasteiger partial charge in [0, 0.05) is 18.8 Å². The van der Waals surface area contributed by atoms with Crippen molar-refractivity contribution in [2.45, 2.75) is 19.4 Å². The van der Waals surface area contributed by atoms with E-state index in [0.29, 0.717) is 24.3 Å². The van der Waals surface area contributed by atoms with Gasteiger partial charge in [-0.1, -0.05) is 13.0 Å². The van der Waals surface area contributed by atoms with Gasteiger partial charge in [-0.2, -0.15) is 10.5 Å². The minimum atomic E-state index is -0.476. The lowest BCUT2D eigenvalue weighted by Crippen LogP contribution is -2.43. The van der Waals surface area contributed by atoms with E-state index in [2.05, 4.69) is 18.3 Å². The van der Waals surface area contributed by atoms with E-state index in [1.54, 1.807) is 23.1 Å². The number of anilines is 1. The Kier molecular flexibility index (Phi) is 4.34. The number of hydrogen-bond donors (Lipinski definition) is 1. The van der Waals surface area contributed by atoms with Gasteiger partial charge in [0.25, 0.3) is 0 Å². The van der Waals surface area contributed by atoms with E-state index in [1.807, 2.05) is 12.1 Å². The van der Waals surface area contributed by atoms with Crippen LogP contribution in [0.5, 0.6) is 0 Å². The number of carbonyl (C=O) groups excluding carboxylic acids is 1. The number of rotatable bonds is 2. The molecule has 1 N–H and O–H groups in total. The van der Waals surface area contributed by atoms with Gasteiger partial charge in [-0.05, 0) is 24.1 Å². The second-order valence-electron chi connectivity index (χ2n) is 5.04. The van der Waals surface area contributed by atoms with Crippen LogP contribution in [-0.4, -0.2) is 25.0 Å². The first-order valence-electron chi connectivity index (χ1n) is 6.57. The molecule has 2 unspecified atom stereocenters. The first-order chi connectivity index (χ1) is 9.65. The molecule has 1 heterocycles. The number of amides is 1. The number of nitrogens with zero attached hydrogens (tertiary/aromatic N) is 3. The van der Waals surface area contributed by atoms with Crippen molar-refractivity contribution in [3.63, 3.8) is 0 Å². The van der Waals surface area contributed by atoms with E-state index >= 15 is 0 Å². The van der Waals surface area contributed by atoms with Crippen molar-refractivity contribution in [1.29, 1.82) is 10.5 Å². The highest BCUT2D eigenvalue weighted by atomic mass is 16.2. The molecule has 1 saturated heterocycles. The monoisotopic (exact) mass is 268 g/mol. The zero-order valence-corrected chi connectivity index (χ0v) is 11.3. The van der Waals surface area contributed by atoms with Gasteiger partial charge in [0.15, 0.2) is 0 Å². The number of carbonyl (C=O) groups is 1.